The van der Waals surface area contributed by atoms with Gasteiger partial charge in [0.05, 0.1) is 6.04 Å². The van der Waals surface area contributed by atoms with Gasteiger partial charge in [0.25, 0.3) is 0 Å². The maximum atomic E-state index is 4.34. The molecule has 0 aromatic carbocycles. The minimum atomic E-state index is 0.319. The molecule has 1 aliphatic rings. The summed E-state index contributed by atoms with van der Waals surface area (Å²) in [4.78, 5) is 8.59. The lowest BCUT2D eigenvalue weighted by Gasteiger charge is -2.10. The fourth-order valence-corrected chi connectivity index (χ4v) is 2.54. The minimum absolute atomic E-state index is 0.319. The van der Waals surface area contributed by atoms with Crippen molar-refractivity contribution in [1.82, 2.24) is 25.0 Å². The highest BCUT2D eigenvalue weighted by Gasteiger charge is 2.22. The van der Waals surface area contributed by atoms with Crippen LogP contribution in [0.15, 0.2) is 6.33 Å². The van der Waals surface area contributed by atoms with E-state index in [1.54, 1.807) is 6.33 Å². The number of hydrogen-bond acceptors (Lipinski definition) is 5. The van der Waals surface area contributed by atoms with Gasteiger partial charge in [-0.1, -0.05) is 18.1 Å². The Kier molecular flexibility index (Phi) is 2.85. The van der Waals surface area contributed by atoms with E-state index < -0.39 is 0 Å². The first-order valence-corrected chi connectivity index (χ1v) is 6.58. The highest BCUT2D eigenvalue weighted by atomic mass is 15.5. The SMILES string of the molecule is CC(C)Nc1ncnc2c1nnn2C1CCCC1. The van der Waals surface area contributed by atoms with Crippen LogP contribution in [-0.4, -0.2) is 31.0 Å². The largest absolute Gasteiger partial charge is 0.366 e. The summed E-state index contributed by atoms with van der Waals surface area (Å²) in [6, 6.07) is 0.775. The molecule has 1 fully saturated rings. The van der Waals surface area contributed by atoms with Crippen LogP contribution in [0, 0.1) is 0 Å². The average molecular weight is 246 g/mol. The zero-order valence-electron chi connectivity index (χ0n) is 10.8. The second-order valence-electron chi connectivity index (χ2n) is 5.17. The van der Waals surface area contributed by atoms with E-state index in [-0.39, 0.29) is 0 Å². The quantitative estimate of drug-likeness (QED) is 0.898. The van der Waals surface area contributed by atoms with E-state index in [0.717, 1.165) is 17.0 Å². The average Bonchev–Trinajstić information content (AvgIpc) is 2.96. The predicted octanol–water partition coefficient (Wildman–Crippen LogP) is 2.16. The Labute approximate surface area is 106 Å². The first-order chi connectivity index (χ1) is 8.75. The van der Waals surface area contributed by atoms with Crippen LogP contribution in [0.4, 0.5) is 5.82 Å². The standard InChI is InChI=1S/C12H18N6/c1-8(2)15-11-10-12(14-7-13-11)18(17-16-10)9-5-3-4-6-9/h7-9H,3-6H2,1-2H3,(H,13,14,15). The molecule has 3 rings (SSSR count). The molecule has 18 heavy (non-hydrogen) atoms. The molecule has 6 heteroatoms. The Morgan fingerprint density at radius 1 is 1.28 bits per heavy atom. The molecule has 6 nitrogen and oxygen atoms in total. The van der Waals surface area contributed by atoms with E-state index in [1.165, 1.54) is 25.7 Å². The zero-order valence-corrected chi connectivity index (χ0v) is 10.8. The monoisotopic (exact) mass is 246 g/mol. The van der Waals surface area contributed by atoms with Gasteiger partial charge in [-0.05, 0) is 26.7 Å². The molecule has 0 amide bonds. The summed E-state index contributed by atoms with van der Waals surface area (Å²) >= 11 is 0. The van der Waals surface area contributed by atoms with Crippen LogP contribution >= 0.6 is 0 Å². The summed E-state index contributed by atoms with van der Waals surface area (Å²) < 4.78 is 1.97. The summed E-state index contributed by atoms with van der Waals surface area (Å²) in [6.45, 7) is 4.16. The normalized spacial score (nSPS) is 16.8. The Hall–Kier alpha value is -1.72. The first kappa shape index (κ1) is 11.4. The maximum Gasteiger partial charge on any atom is 0.184 e. The maximum absolute atomic E-state index is 4.34. The van der Waals surface area contributed by atoms with Crippen molar-refractivity contribution >= 4 is 17.0 Å². The summed E-state index contributed by atoms with van der Waals surface area (Å²) in [5.74, 6) is 0.777. The summed E-state index contributed by atoms with van der Waals surface area (Å²) in [5.41, 5.74) is 1.62. The summed E-state index contributed by atoms with van der Waals surface area (Å²) in [5, 5.41) is 11.8. The van der Waals surface area contributed by atoms with Gasteiger partial charge in [0.1, 0.15) is 6.33 Å². The second-order valence-corrected chi connectivity index (χ2v) is 5.17. The van der Waals surface area contributed by atoms with Gasteiger partial charge in [-0.2, -0.15) is 0 Å². The van der Waals surface area contributed by atoms with Gasteiger partial charge in [0.15, 0.2) is 17.0 Å². The molecule has 0 bridgehead atoms. The molecule has 0 atom stereocenters. The molecule has 1 N–H and O–H groups in total. The summed E-state index contributed by atoms with van der Waals surface area (Å²) in [6.07, 6.45) is 6.48. The first-order valence-electron chi connectivity index (χ1n) is 6.58. The molecule has 0 radical (unpaired) electrons. The van der Waals surface area contributed by atoms with Gasteiger partial charge in [-0.15, -0.1) is 5.10 Å². The molecule has 2 aromatic rings. The van der Waals surface area contributed by atoms with Gasteiger partial charge in [-0.25, -0.2) is 14.6 Å². The number of anilines is 1. The molecule has 0 spiro atoms. The van der Waals surface area contributed by atoms with Crippen molar-refractivity contribution in [2.24, 2.45) is 0 Å². The van der Waals surface area contributed by atoms with E-state index in [0.29, 0.717) is 12.1 Å². The molecule has 0 unspecified atom stereocenters. The van der Waals surface area contributed by atoms with E-state index in [9.17, 15) is 0 Å². The third kappa shape index (κ3) is 1.91. The van der Waals surface area contributed by atoms with E-state index >= 15 is 0 Å². The summed E-state index contributed by atoms with van der Waals surface area (Å²) in [7, 11) is 0. The van der Waals surface area contributed by atoms with Gasteiger partial charge >= 0.3 is 0 Å². The van der Waals surface area contributed by atoms with Crippen LogP contribution in [-0.2, 0) is 0 Å². The molecule has 1 saturated carbocycles. The number of nitrogens with one attached hydrogen (secondary N) is 1. The van der Waals surface area contributed by atoms with Crippen LogP contribution in [0.3, 0.4) is 0 Å². The number of fused-ring (bicyclic) bond motifs is 1. The lowest BCUT2D eigenvalue weighted by molar-refractivity contribution is 0.464. The van der Waals surface area contributed by atoms with Gasteiger partial charge < -0.3 is 5.32 Å². The van der Waals surface area contributed by atoms with Crippen molar-refractivity contribution in [1.29, 1.82) is 0 Å². The number of aromatic nitrogens is 5. The van der Waals surface area contributed by atoms with Crippen LogP contribution in [0.2, 0.25) is 0 Å². The molecule has 96 valence electrons. The lowest BCUT2D eigenvalue weighted by atomic mass is 10.2. The smallest absolute Gasteiger partial charge is 0.184 e. The Bertz CT molecular complexity index is 540. The van der Waals surface area contributed by atoms with Crippen LogP contribution < -0.4 is 5.32 Å². The number of nitrogens with zero attached hydrogens (tertiary/aromatic N) is 5. The van der Waals surface area contributed by atoms with Crippen LogP contribution in [0.25, 0.3) is 11.2 Å². The van der Waals surface area contributed by atoms with Crippen molar-refractivity contribution in [2.75, 3.05) is 5.32 Å². The Morgan fingerprint density at radius 2 is 2.06 bits per heavy atom. The Balaban J connectivity index is 2.03. The minimum Gasteiger partial charge on any atom is -0.366 e. The Morgan fingerprint density at radius 3 is 2.78 bits per heavy atom. The van der Waals surface area contributed by atoms with Crippen LogP contribution in [0.1, 0.15) is 45.6 Å². The zero-order chi connectivity index (χ0) is 12.5. The molecular weight excluding hydrogens is 228 g/mol. The topological polar surface area (TPSA) is 68.5 Å². The molecule has 0 aliphatic heterocycles. The molecule has 0 saturated heterocycles. The second kappa shape index (κ2) is 4.51. The highest BCUT2D eigenvalue weighted by Crippen LogP contribution is 2.31. The third-order valence-corrected chi connectivity index (χ3v) is 3.36. The van der Waals surface area contributed by atoms with Crippen molar-refractivity contribution < 1.29 is 0 Å². The van der Waals surface area contributed by atoms with Gasteiger partial charge in [-0.3, -0.25) is 0 Å². The fourth-order valence-electron chi connectivity index (χ4n) is 2.54. The van der Waals surface area contributed by atoms with Gasteiger partial charge in [0.2, 0.25) is 0 Å². The predicted molar refractivity (Wildman–Crippen MR) is 69.4 cm³/mol. The molecule has 2 heterocycles. The van der Waals surface area contributed by atoms with Gasteiger partial charge in [0, 0.05) is 6.04 Å². The fraction of sp³-hybridized carbons (Fsp3) is 0.667. The van der Waals surface area contributed by atoms with Crippen molar-refractivity contribution in [3.05, 3.63) is 6.33 Å². The molecular formula is C12H18N6. The third-order valence-electron chi connectivity index (χ3n) is 3.36. The van der Waals surface area contributed by atoms with Crippen molar-refractivity contribution in [3.8, 4) is 0 Å². The number of hydrogen-bond donors (Lipinski definition) is 1. The van der Waals surface area contributed by atoms with Crippen molar-refractivity contribution in [2.45, 2.75) is 51.6 Å². The molecule has 2 aromatic heterocycles. The lowest BCUT2D eigenvalue weighted by Crippen LogP contribution is -2.12. The van der Waals surface area contributed by atoms with Crippen molar-refractivity contribution in [3.63, 3.8) is 0 Å². The van der Waals surface area contributed by atoms with Crippen LogP contribution in [0.5, 0.6) is 0 Å². The van der Waals surface area contributed by atoms with E-state index in [4.69, 9.17) is 0 Å². The van der Waals surface area contributed by atoms with E-state index in [1.807, 2.05) is 4.68 Å². The number of rotatable bonds is 3. The molecule has 1 aliphatic carbocycles. The van der Waals surface area contributed by atoms with E-state index in [2.05, 4.69) is 39.4 Å². The highest BCUT2D eigenvalue weighted by molar-refractivity contribution is 5.81.